The molecule has 3 rings (SSSR count). The third kappa shape index (κ3) is 2.98. The molecule has 3 aromatic rings. The van der Waals surface area contributed by atoms with Crippen LogP contribution in [0.5, 0.6) is 5.75 Å². The summed E-state index contributed by atoms with van der Waals surface area (Å²) in [6, 6.07) is 12.5. The van der Waals surface area contributed by atoms with Crippen molar-refractivity contribution >= 4 is 28.3 Å². The van der Waals surface area contributed by atoms with Gasteiger partial charge in [-0.05, 0) is 30.3 Å². The minimum Gasteiger partial charge on any atom is -0.497 e. The molecule has 1 aromatic heterocycles. The Bertz CT molecular complexity index is 900. The van der Waals surface area contributed by atoms with Crippen LogP contribution in [0.15, 0.2) is 52.9 Å². The molecule has 0 saturated carbocycles. The molecule has 7 heteroatoms. The number of nitrogens with zero attached hydrogens (tertiary/aromatic N) is 1. The summed E-state index contributed by atoms with van der Waals surface area (Å²) in [7, 11) is 1.55. The molecule has 0 aliphatic heterocycles. The van der Waals surface area contributed by atoms with Crippen LogP contribution in [0.4, 0.5) is 11.4 Å². The molecule has 0 aliphatic carbocycles. The average molecular weight is 312 g/mol. The molecular weight excluding hydrogens is 300 g/mol. The topological polar surface area (TPSA) is 94.6 Å². The first-order valence-electron chi connectivity index (χ1n) is 6.70. The zero-order valence-electron chi connectivity index (χ0n) is 12.1. The average Bonchev–Trinajstić information content (AvgIpc) is 2.98. The van der Waals surface area contributed by atoms with E-state index in [1.807, 2.05) is 0 Å². The van der Waals surface area contributed by atoms with Crippen LogP contribution in [0.2, 0.25) is 0 Å². The van der Waals surface area contributed by atoms with Crippen LogP contribution in [-0.4, -0.2) is 17.9 Å². The molecule has 1 amide bonds. The summed E-state index contributed by atoms with van der Waals surface area (Å²) in [6.45, 7) is 0. The molecule has 0 atom stereocenters. The Labute approximate surface area is 130 Å². The van der Waals surface area contributed by atoms with Gasteiger partial charge in [0.1, 0.15) is 11.3 Å². The molecule has 2 aromatic carbocycles. The standard InChI is InChI=1S/C16H12N2O5/c1-22-13-5-6-14-10(7-13)8-15(23-14)16(19)17-11-3-2-4-12(9-11)18(20)21/h2-9H,1H3,(H,17,19). The number of nitro groups is 1. The Morgan fingerprint density at radius 3 is 2.78 bits per heavy atom. The molecule has 0 unspecified atom stereocenters. The van der Waals surface area contributed by atoms with Crippen molar-refractivity contribution in [2.75, 3.05) is 12.4 Å². The van der Waals surface area contributed by atoms with Crippen LogP contribution in [0.1, 0.15) is 10.6 Å². The van der Waals surface area contributed by atoms with E-state index in [0.717, 1.165) is 5.39 Å². The molecule has 0 aliphatic rings. The minimum atomic E-state index is -0.525. The fourth-order valence-corrected chi connectivity index (χ4v) is 2.15. The van der Waals surface area contributed by atoms with Crippen molar-refractivity contribution in [2.24, 2.45) is 0 Å². The van der Waals surface area contributed by atoms with Gasteiger partial charge in [0.25, 0.3) is 11.6 Å². The Kier molecular flexibility index (Phi) is 3.68. The van der Waals surface area contributed by atoms with Crippen molar-refractivity contribution in [1.82, 2.24) is 0 Å². The van der Waals surface area contributed by atoms with Gasteiger partial charge in [0.15, 0.2) is 5.76 Å². The Morgan fingerprint density at radius 2 is 2.04 bits per heavy atom. The van der Waals surface area contributed by atoms with E-state index in [1.54, 1.807) is 37.4 Å². The second-order valence-electron chi connectivity index (χ2n) is 4.78. The van der Waals surface area contributed by atoms with Gasteiger partial charge in [-0.15, -0.1) is 0 Å². The summed E-state index contributed by atoms with van der Waals surface area (Å²) in [6.07, 6.45) is 0. The van der Waals surface area contributed by atoms with E-state index in [2.05, 4.69) is 5.32 Å². The van der Waals surface area contributed by atoms with Gasteiger partial charge in [0, 0.05) is 23.2 Å². The first-order valence-corrected chi connectivity index (χ1v) is 6.70. The molecule has 23 heavy (non-hydrogen) atoms. The Morgan fingerprint density at radius 1 is 1.22 bits per heavy atom. The number of benzene rings is 2. The number of carbonyl (C=O) groups is 1. The minimum absolute atomic E-state index is 0.0999. The number of anilines is 1. The molecule has 0 radical (unpaired) electrons. The zero-order chi connectivity index (χ0) is 16.4. The van der Waals surface area contributed by atoms with Crippen LogP contribution in [0, 0.1) is 10.1 Å². The van der Waals surface area contributed by atoms with Gasteiger partial charge < -0.3 is 14.5 Å². The number of amides is 1. The molecule has 1 N–H and O–H groups in total. The number of hydrogen-bond donors (Lipinski definition) is 1. The lowest BCUT2D eigenvalue weighted by atomic mass is 10.2. The lowest BCUT2D eigenvalue weighted by molar-refractivity contribution is -0.384. The number of fused-ring (bicyclic) bond motifs is 1. The van der Waals surface area contributed by atoms with Crippen LogP contribution in [0.25, 0.3) is 11.0 Å². The van der Waals surface area contributed by atoms with E-state index < -0.39 is 10.8 Å². The second kappa shape index (κ2) is 5.80. The van der Waals surface area contributed by atoms with Gasteiger partial charge in [-0.1, -0.05) is 6.07 Å². The van der Waals surface area contributed by atoms with Gasteiger partial charge >= 0.3 is 0 Å². The predicted octanol–water partition coefficient (Wildman–Crippen LogP) is 3.60. The lowest BCUT2D eigenvalue weighted by Gasteiger charge is -2.02. The van der Waals surface area contributed by atoms with Crippen LogP contribution >= 0.6 is 0 Å². The molecule has 7 nitrogen and oxygen atoms in total. The number of non-ortho nitro benzene ring substituents is 1. The molecule has 0 spiro atoms. The maximum atomic E-state index is 12.2. The number of carbonyl (C=O) groups excluding carboxylic acids is 1. The number of ether oxygens (including phenoxy) is 1. The van der Waals surface area contributed by atoms with E-state index in [1.165, 1.54) is 18.2 Å². The molecule has 1 heterocycles. The first kappa shape index (κ1) is 14.6. The molecule has 0 fully saturated rings. The van der Waals surface area contributed by atoms with E-state index in [4.69, 9.17) is 9.15 Å². The fourth-order valence-electron chi connectivity index (χ4n) is 2.15. The maximum absolute atomic E-state index is 12.2. The highest BCUT2D eigenvalue weighted by molar-refractivity contribution is 6.04. The summed E-state index contributed by atoms with van der Waals surface area (Å²) >= 11 is 0. The van der Waals surface area contributed by atoms with Gasteiger partial charge in [0.05, 0.1) is 12.0 Å². The highest BCUT2D eigenvalue weighted by Gasteiger charge is 2.14. The predicted molar refractivity (Wildman–Crippen MR) is 83.8 cm³/mol. The monoisotopic (exact) mass is 312 g/mol. The third-order valence-corrected chi connectivity index (χ3v) is 3.26. The highest BCUT2D eigenvalue weighted by atomic mass is 16.6. The maximum Gasteiger partial charge on any atom is 0.291 e. The van der Waals surface area contributed by atoms with Crippen molar-refractivity contribution in [3.8, 4) is 5.75 Å². The molecular formula is C16H12N2O5. The molecule has 116 valence electrons. The Balaban J connectivity index is 1.85. The van der Waals surface area contributed by atoms with Gasteiger partial charge in [-0.2, -0.15) is 0 Å². The van der Waals surface area contributed by atoms with Crippen LogP contribution in [-0.2, 0) is 0 Å². The highest BCUT2D eigenvalue weighted by Crippen LogP contribution is 2.25. The Hall–Kier alpha value is -3.35. The van der Waals surface area contributed by atoms with Gasteiger partial charge in [-0.3, -0.25) is 14.9 Å². The number of nitrogens with one attached hydrogen (secondary N) is 1. The zero-order valence-corrected chi connectivity index (χ0v) is 12.1. The molecule has 0 bridgehead atoms. The van der Waals surface area contributed by atoms with E-state index in [9.17, 15) is 14.9 Å². The van der Waals surface area contributed by atoms with Crippen molar-refractivity contribution in [3.63, 3.8) is 0 Å². The summed E-state index contributed by atoms with van der Waals surface area (Å²) < 4.78 is 10.6. The SMILES string of the molecule is COc1ccc2oc(C(=O)Nc3cccc([N+](=O)[O-])c3)cc2c1. The van der Waals surface area contributed by atoms with Crippen LogP contribution < -0.4 is 10.1 Å². The van der Waals surface area contributed by atoms with E-state index in [-0.39, 0.29) is 11.4 Å². The van der Waals surface area contributed by atoms with Crippen molar-refractivity contribution in [3.05, 3.63) is 64.4 Å². The fraction of sp³-hybridized carbons (Fsp3) is 0.0625. The summed E-state index contributed by atoms with van der Waals surface area (Å²) in [5.74, 6) is 0.282. The van der Waals surface area contributed by atoms with Crippen molar-refractivity contribution < 1.29 is 18.9 Å². The van der Waals surface area contributed by atoms with Crippen molar-refractivity contribution in [2.45, 2.75) is 0 Å². The number of nitro benzene ring substituents is 1. The summed E-state index contributed by atoms with van der Waals surface area (Å²) in [5, 5.41) is 14.1. The van der Waals surface area contributed by atoms with Crippen molar-refractivity contribution in [1.29, 1.82) is 0 Å². The lowest BCUT2D eigenvalue weighted by Crippen LogP contribution is -2.10. The first-order chi connectivity index (χ1) is 11.1. The largest absolute Gasteiger partial charge is 0.497 e. The van der Waals surface area contributed by atoms with E-state index >= 15 is 0 Å². The smallest absolute Gasteiger partial charge is 0.291 e. The normalized spacial score (nSPS) is 10.5. The van der Waals surface area contributed by atoms with Gasteiger partial charge in [0.2, 0.25) is 0 Å². The number of rotatable bonds is 4. The number of hydrogen-bond acceptors (Lipinski definition) is 5. The quantitative estimate of drug-likeness (QED) is 0.586. The molecule has 0 saturated heterocycles. The van der Waals surface area contributed by atoms with Crippen LogP contribution in [0.3, 0.4) is 0 Å². The number of furan rings is 1. The number of methoxy groups -OCH3 is 1. The summed E-state index contributed by atoms with van der Waals surface area (Å²) in [4.78, 5) is 22.4. The second-order valence-corrected chi connectivity index (χ2v) is 4.78. The van der Waals surface area contributed by atoms with Gasteiger partial charge in [-0.25, -0.2) is 0 Å². The third-order valence-electron chi connectivity index (χ3n) is 3.26. The van der Waals surface area contributed by atoms with E-state index in [0.29, 0.717) is 17.0 Å². The summed E-state index contributed by atoms with van der Waals surface area (Å²) in [5.41, 5.74) is 0.773.